The number of carbonyl (C=O) groups is 2. The van der Waals surface area contributed by atoms with Crippen molar-refractivity contribution in [1.82, 2.24) is 0 Å². The fourth-order valence-corrected chi connectivity index (χ4v) is 2.01. The average molecular weight is 382 g/mol. The molecule has 0 saturated carbocycles. The zero-order valence-corrected chi connectivity index (χ0v) is 13.3. The van der Waals surface area contributed by atoms with Crippen LogP contribution < -0.4 is 0 Å². The summed E-state index contributed by atoms with van der Waals surface area (Å²) in [4.78, 5) is 41.6. The molecule has 1 saturated heterocycles. The van der Waals surface area contributed by atoms with Gasteiger partial charge in [0.1, 0.15) is 37.8 Å². The van der Waals surface area contributed by atoms with Crippen LogP contribution in [0.1, 0.15) is 12.8 Å². The fourth-order valence-electron chi connectivity index (χ4n) is 2.01. The maximum Gasteiger partial charge on any atom is 0.313 e. The van der Waals surface area contributed by atoms with Gasteiger partial charge in [0, 0.05) is 9.85 Å². The van der Waals surface area contributed by atoms with E-state index < -0.39 is 85.0 Å². The Hall–Kier alpha value is -2.42. The number of aliphatic hydroxyl groups excluding tert-OH is 3. The molecule has 1 heterocycles. The summed E-state index contributed by atoms with van der Waals surface area (Å²) < 4.78 is 14.2. The minimum absolute atomic E-state index is 0.516. The highest BCUT2D eigenvalue weighted by Crippen LogP contribution is 2.23. The highest BCUT2D eigenvalue weighted by Gasteiger charge is 2.46. The smallest absolute Gasteiger partial charge is 0.313 e. The maximum absolute atomic E-state index is 11.4. The summed E-state index contributed by atoms with van der Waals surface area (Å²) in [5, 5.41) is 49.9. The lowest BCUT2D eigenvalue weighted by atomic mass is 9.99. The van der Waals surface area contributed by atoms with E-state index in [2.05, 4.69) is 9.47 Å². The largest absolute Gasteiger partial charge is 0.463 e. The molecule has 1 rings (SSSR count). The van der Waals surface area contributed by atoms with Crippen molar-refractivity contribution in [3.8, 4) is 0 Å². The number of aliphatic hydroxyl groups is 3. The first-order valence-electron chi connectivity index (χ1n) is 7.40. The Morgan fingerprint density at radius 2 is 1.50 bits per heavy atom. The van der Waals surface area contributed by atoms with Crippen molar-refractivity contribution >= 4 is 11.9 Å². The Bertz CT molecular complexity index is 538. The van der Waals surface area contributed by atoms with Crippen molar-refractivity contribution in [2.75, 3.05) is 19.7 Å². The highest BCUT2D eigenvalue weighted by atomic mass is 16.7. The van der Waals surface area contributed by atoms with Crippen molar-refractivity contribution in [2.45, 2.75) is 43.5 Å². The van der Waals surface area contributed by atoms with Crippen LogP contribution in [0, 0.1) is 20.2 Å². The molecule has 0 amide bonds. The number of ether oxygens (including phenoxy) is 3. The van der Waals surface area contributed by atoms with Crippen molar-refractivity contribution in [3.63, 3.8) is 0 Å². The van der Waals surface area contributed by atoms with Crippen LogP contribution in [-0.4, -0.2) is 87.5 Å². The number of carbonyl (C=O) groups excluding carboxylic acids is 2. The van der Waals surface area contributed by atoms with E-state index in [1.807, 2.05) is 0 Å². The summed E-state index contributed by atoms with van der Waals surface area (Å²) in [5.41, 5.74) is 0. The van der Waals surface area contributed by atoms with E-state index in [0.717, 1.165) is 0 Å². The van der Waals surface area contributed by atoms with Crippen LogP contribution >= 0.6 is 0 Å². The molecule has 0 aromatic rings. The van der Waals surface area contributed by atoms with E-state index in [1.54, 1.807) is 0 Å². The maximum atomic E-state index is 11.4. The number of hydrogen-bond donors (Lipinski definition) is 3. The van der Waals surface area contributed by atoms with Gasteiger partial charge in [-0.25, -0.2) is 0 Å². The summed E-state index contributed by atoms with van der Waals surface area (Å²) in [7, 11) is 0. The molecule has 0 radical (unpaired) electrons. The lowest BCUT2D eigenvalue weighted by molar-refractivity contribution is -0.479. The van der Waals surface area contributed by atoms with Gasteiger partial charge in [0.2, 0.25) is 13.1 Å². The van der Waals surface area contributed by atoms with Crippen LogP contribution in [0.4, 0.5) is 0 Å². The highest BCUT2D eigenvalue weighted by molar-refractivity contribution is 5.70. The minimum atomic E-state index is -1.89. The molecule has 0 spiro atoms. The first-order valence-corrected chi connectivity index (χ1v) is 7.40. The monoisotopic (exact) mass is 382 g/mol. The molecular formula is C12H18N2O12. The van der Waals surface area contributed by atoms with Crippen LogP contribution in [0.2, 0.25) is 0 Å². The average Bonchev–Trinajstić information content (AvgIpc) is 2.56. The van der Waals surface area contributed by atoms with E-state index in [4.69, 9.17) is 4.74 Å². The first-order chi connectivity index (χ1) is 12.1. The lowest BCUT2D eigenvalue weighted by Crippen LogP contribution is -2.60. The van der Waals surface area contributed by atoms with Crippen LogP contribution in [0.5, 0.6) is 0 Å². The van der Waals surface area contributed by atoms with Crippen molar-refractivity contribution in [1.29, 1.82) is 0 Å². The minimum Gasteiger partial charge on any atom is -0.463 e. The standard InChI is InChI=1S/C12H18N2O12/c15-7(1-3-13(20)21)24-5-6-9(17)10(18)11(12(19)25-6)26-8(16)2-4-14(22)23/h6,9-12,17-19H,1-5H2. The van der Waals surface area contributed by atoms with Gasteiger partial charge >= 0.3 is 11.9 Å². The SMILES string of the molecule is O=C(CC[N+](=O)[O-])OCC1OC(O)C(OC(=O)CC[N+](=O)[O-])C(O)C1O. The zero-order valence-electron chi connectivity index (χ0n) is 13.3. The first kappa shape index (κ1) is 21.6. The van der Waals surface area contributed by atoms with E-state index >= 15 is 0 Å². The molecule has 1 fully saturated rings. The Morgan fingerprint density at radius 1 is 0.962 bits per heavy atom. The molecule has 0 aliphatic carbocycles. The molecule has 0 bridgehead atoms. The molecule has 3 N–H and O–H groups in total. The molecule has 5 unspecified atom stereocenters. The number of hydrogen-bond acceptors (Lipinski definition) is 12. The van der Waals surface area contributed by atoms with Crippen molar-refractivity contribution in [2.24, 2.45) is 0 Å². The van der Waals surface area contributed by atoms with Crippen LogP contribution in [0.25, 0.3) is 0 Å². The second kappa shape index (κ2) is 9.91. The summed E-state index contributed by atoms with van der Waals surface area (Å²) >= 11 is 0. The molecule has 0 aromatic carbocycles. The van der Waals surface area contributed by atoms with Crippen LogP contribution in [-0.2, 0) is 23.8 Å². The van der Waals surface area contributed by atoms with Gasteiger partial charge in [0.25, 0.3) is 0 Å². The lowest BCUT2D eigenvalue weighted by Gasteiger charge is -2.39. The predicted octanol–water partition coefficient (Wildman–Crippen LogP) is -2.79. The van der Waals surface area contributed by atoms with Gasteiger partial charge in [-0.15, -0.1) is 0 Å². The van der Waals surface area contributed by atoms with Gasteiger partial charge in [-0.1, -0.05) is 0 Å². The van der Waals surface area contributed by atoms with Gasteiger partial charge in [0.05, 0.1) is 0 Å². The molecule has 1 aliphatic rings. The Kier molecular flexibility index (Phi) is 8.24. The Morgan fingerprint density at radius 3 is 2.04 bits per heavy atom. The van der Waals surface area contributed by atoms with E-state index in [0.29, 0.717) is 0 Å². The quantitative estimate of drug-likeness (QED) is 0.210. The van der Waals surface area contributed by atoms with E-state index in [1.165, 1.54) is 0 Å². The number of nitrogens with zero attached hydrogens (tertiary/aromatic N) is 2. The van der Waals surface area contributed by atoms with Crippen LogP contribution in [0.15, 0.2) is 0 Å². The predicted molar refractivity (Wildman–Crippen MR) is 76.7 cm³/mol. The molecule has 0 aromatic heterocycles. The summed E-state index contributed by atoms with van der Waals surface area (Å²) in [6.45, 7) is -1.99. The molecule has 1 aliphatic heterocycles. The molecule has 5 atom stereocenters. The third-order valence-electron chi connectivity index (χ3n) is 3.34. The summed E-state index contributed by atoms with van der Waals surface area (Å²) in [6.07, 6.45) is -9.65. The molecule has 14 nitrogen and oxygen atoms in total. The third-order valence-corrected chi connectivity index (χ3v) is 3.34. The van der Waals surface area contributed by atoms with E-state index in [9.17, 15) is 45.1 Å². The molecule has 26 heavy (non-hydrogen) atoms. The molecule has 148 valence electrons. The van der Waals surface area contributed by atoms with E-state index in [-0.39, 0.29) is 0 Å². The molecular weight excluding hydrogens is 364 g/mol. The van der Waals surface area contributed by atoms with Crippen LogP contribution in [0.3, 0.4) is 0 Å². The van der Waals surface area contributed by atoms with Gasteiger partial charge < -0.3 is 29.5 Å². The normalized spacial score (nSPS) is 28.2. The second-order valence-electron chi connectivity index (χ2n) is 5.30. The van der Waals surface area contributed by atoms with Gasteiger partial charge in [-0.2, -0.15) is 0 Å². The third kappa shape index (κ3) is 6.83. The van der Waals surface area contributed by atoms with Crippen molar-refractivity contribution in [3.05, 3.63) is 20.2 Å². The van der Waals surface area contributed by atoms with Gasteiger partial charge in [0.15, 0.2) is 12.4 Å². The Labute approximate surface area is 145 Å². The van der Waals surface area contributed by atoms with Gasteiger partial charge in [-0.3, -0.25) is 29.8 Å². The summed E-state index contributed by atoms with van der Waals surface area (Å²) in [5.74, 6) is -2.04. The van der Waals surface area contributed by atoms with Gasteiger partial charge in [-0.05, 0) is 0 Å². The van der Waals surface area contributed by atoms with Crippen molar-refractivity contribution < 1.29 is 49.0 Å². The topological polar surface area (TPSA) is 209 Å². The zero-order chi connectivity index (χ0) is 19.9. The second-order valence-corrected chi connectivity index (χ2v) is 5.30. The summed E-state index contributed by atoms with van der Waals surface area (Å²) in [6, 6.07) is 0. The number of rotatable bonds is 9. The number of esters is 2. The number of nitro groups is 2. The Balaban J connectivity index is 2.52. The molecule has 14 heteroatoms. The fraction of sp³-hybridized carbons (Fsp3) is 0.833.